The molecule has 0 aliphatic carbocycles. The highest BCUT2D eigenvalue weighted by Gasteiger charge is 2.31. The molecule has 0 unspecified atom stereocenters. The second kappa shape index (κ2) is 6.97. The van der Waals surface area contributed by atoms with Crippen molar-refractivity contribution >= 4 is 15.8 Å². The molecule has 0 atom stereocenters. The number of benzene rings is 1. The molecule has 0 bridgehead atoms. The van der Waals surface area contributed by atoms with Gasteiger partial charge in [0.1, 0.15) is 16.5 Å². The van der Waals surface area contributed by atoms with Crippen molar-refractivity contribution in [3.8, 4) is 5.75 Å². The number of sulfonamides is 1. The number of hydrogen-bond acceptors (Lipinski definition) is 6. The van der Waals surface area contributed by atoms with E-state index in [1.165, 1.54) is 11.4 Å². The molecule has 25 heavy (non-hydrogen) atoms. The number of hydrogen-bond donors (Lipinski definition) is 0. The van der Waals surface area contributed by atoms with Crippen LogP contribution in [0.1, 0.15) is 11.1 Å². The van der Waals surface area contributed by atoms with Gasteiger partial charge in [-0.2, -0.15) is 4.31 Å². The van der Waals surface area contributed by atoms with Crippen molar-refractivity contribution in [1.29, 1.82) is 0 Å². The van der Waals surface area contributed by atoms with Gasteiger partial charge in [-0.3, -0.25) is 4.98 Å². The molecule has 7 nitrogen and oxygen atoms in total. The first-order valence-corrected chi connectivity index (χ1v) is 9.54. The summed E-state index contributed by atoms with van der Waals surface area (Å²) in [5, 5.41) is 0. The quantitative estimate of drug-likeness (QED) is 0.823. The minimum Gasteiger partial charge on any atom is -0.495 e. The van der Waals surface area contributed by atoms with Gasteiger partial charge in [-0.05, 0) is 37.1 Å². The molecule has 0 amide bonds. The zero-order valence-corrected chi connectivity index (χ0v) is 15.5. The van der Waals surface area contributed by atoms with Crippen molar-refractivity contribution in [3.63, 3.8) is 0 Å². The van der Waals surface area contributed by atoms with Crippen molar-refractivity contribution in [1.82, 2.24) is 14.3 Å². The third-order valence-corrected chi connectivity index (χ3v) is 6.43. The van der Waals surface area contributed by atoms with Gasteiger partial charge in [0.15, 0.2) is 0 Å². The van der Waals surface area contributed by atoms with Gasteiger partial charge in [0.2, 0.25) is 10.0 Å². The molecule has 1 aliphatic rings. The zero-order chi connectivity index (χ0) is 18.0. The van der Waals surface area contributed by atoms with Crippen molar-refractivity contribution in [2.45, 2.75) is 18.7 Å². The highest BCUT2D eigenvalue weighted by atomic mass is 32.2. The van der Waals surface area contributed by atoms with Crippen LogP contribution in [0.25, 0.3) is 0 Å². The summed E-state index contributed by atoms with van der Waals surface area (Å²) in [6.07, 6.45) is 4.95. The van der Waals surface area contributed by atoms with Gasteiger partial charge in [-0.25, -0.2) is 13.4 Å². The molecular weight excluding hydrogens is 340 g/mol. The van der Waals surface area contributed by atoms with E-state index in [1.807, 2.05) is 18.7 Å². The fourth-order valence-corrected chi connectivity index (χ4v) is 4.52. The van der Waals surface area contributed by atoms with E-state index >= 15 is 0 Å². The molecule has 1 aromatic carbocycles. The van der Waals surface area contributed by atoms with Crippen molar-refractivity contribution in [3.05, 3.63) is 41.9 Å². The number of rotatable bonds is 4. The number of aromatic nitrogens is 2. The van der Waals surface area contributed by atoms with Crippen LogP contribution in [0.4, 0.5) is 5.82 Å². The minimum absolute atomic E-state index is 0.228. The molecule has 1 aromatic heterocycles. The number of methoxy groups -OCH3 is 1. The van der Waals surface area contributed by atoms with E-state index in [1.54, 1.807) is 30.7 Å². The Balaban J connectivity index is 1.82. The summed E-state index contributed by atoms with van der Waals surface area (Å²) in [6, 6.07) is 3.47. The van der Waals surface area contributed by atoms with Crippen LogP contribution in [-0.2, 0) is 10.0 Å². The van der Waals surface area contributed by atoms with Gasteiger partial charge >= 0.3 is 0 Å². The van der Waals surface area contributed by atoms with Crippen LogP contribution in [0.2, 0.25) is 0 Å². The van der Waals surface area contributed by atoms with E-state index < -0.39 is 10.0 Å². The summed E-state index contributed by atoms with van der Waals surface area (Å²) in [5.74, 6) is 1.16. The first kappa shape index (κ1) is 17.6. The van der Waals surface area contributed by atoms with Crippen LogP contribution in [0.5, 0.6) is 5.75 Å². The Morgan fingerprint density at radius 3 is 2.32 bits per heavy atom. The topological polar surface area (TPSA) is 75.6 Å². The Labute approximate surface area is 148 Å². The van der Waals surface area contributed by atoms with E-state index in [-0.39, 0.29) is 4.90 Å². The van der Waals surface area contributed by atoms with E-state index in [0.29, 0.717) is 31.9 Å². The molecule has 8 heteroatoms. The summed E-state index contributed by atoms with van der Waals surface area (Å²) in [4.78, 5) is 10.6. The normalized spacial score (nSPS) is 16.0. The Bertz CT molecular complexity index is 848. The Kier molecular flexibility index (Phi) is 4.91. The van der Waals surface area contributed by atoms with Gasteiger partial charge in [0.25, 0.3) is 0 Å². The van der Waals surface area contributed by atoms with Crippen LogP contribution in [-0.4, -0.2) is 56.0 Å². The van der Waals surface area contributed by atoms with Crippen LogP contribution in [0, 0.1) is 13.8 Å². The predicted molar refractivity (Wildman–Crippen MR) is 95.5 cm³/mol. The summed E-state index contributed by atoms with van der Waals surface area (Å²) in [5.41, 5.74) is 1.93. The summed E-state index contributed by atoms with van der Waals surface area (Å²) in [6.45, 7) is 5.79. The smallest absolute Gasteiger partial charge is 0.246 e. The molecule has 0 N–H and O–H groups in total. The Hall–Kier alpha value is -2.19. The van der Waals surface area contributed by atoms with Gasteiger partial charge in [-0.1, -0.05) is 0 Å². The molecule has 0 spiro atoms. The third kappa shape index (κ3) is 3.45. The molecule has 1 saturated heterocycles. The van der Waals surface area contributed by atoms with Gasteiger partial charge in [-0.15, -0.1) is 0 Å². The monoisotopic (exact) mass is 362 g/mol. The van der Waals surface area contributed by atoms with Crippen LogP contribution in [0.15, 0.2) is 35.6 Å². The largest absolute Gasteiger partial charge is 0.495 e. The SMILES string of the molecule is COc1cc(C)c(C)cc1S(=O)(=O)N1CCN(c2cnccn2)CC1. The van der Waals surface area contributed by atoms with Gasteiger partial charge < -0.3 is 9.64 Å². The van der Waals surface area contributed by atoms with E-state index in [4.69, 9.17) is 4.74 Å². The lowest BCUT2D eigenvalue weighted by molar-refractivity contribution is 0.373. The molecule has 2 aromatic rings. The number of nitrogens with zero attached hydrogens (tertiary/aromatic N) is 4. The Morgan fingerprint density at radius 2 is 1.72 bits per heavy atom. The molecule has 0 saturated carbocycles. The molecule has 134 valence electrons. The fourth-order valence-electron chi connectivity index (χ4n) is 2.88. The van der Waals surface area contributed by atoms with E-state index in [2.05, 4.69) is 9.97 Å². The highest BCUT2D eigenvalue weighted by Crippen LogP contribution is 2.30. The maximum atomic E-state index is 13.1. The average Bonchev–Trinajstić information content (AvgIpc) is 2.64. The standard InChI is InChI=1S/C17H22N4O3S/c1-13-10-15(24-3)16(11-14(13)2)25(22,23)21-8-6-20(7-9-21)17-12-18-4-5-19-17/h4-5,10-12H,6-9H2,1-3H3. The summed E-state index contributed by atoms with van der Waals surface area (Å²) < 4.78 is 33.0. The first-order valence-electron chi connectivity index (χ1n) is 8.10. The number of anilines is 1. The summed E-state index contributed by atoms with van der Waals surface area (Å²) in [7, 11) is -2.11. The zero-order valence-electron chi connectivity index (χ0n) is 14.6. The third-order valence-electron chi connectivity index (χ3n) is 4.51. The van der Waals surface area contributed by atoms with Crippen molar-refractivity contribution in [2.75, 3.05) is 38.2 Å². The molecule has 1 aliphatic heterocycles. The van der Waals surface area contributed by atoms with Crippen LogP contribution in [0.3, 0.4) is 0 Å². The maximum Gasteiger partial charge on any atom is 0.246 e. The lowest BCUT2D eigenvalue weighted by Crippen LogP contribution is -2.49. The summed E-state index contributed by atoms with van der Waals surface area (Å²) >= 11 is 0. The lowest BCUT2D eigenvalue weighted by atomic mass is 10.1. The van der Waals surface area contributed by atoms with Gasteiger partial charge in [0, 0.05) is 38.6 Å². The minimum atomic E-state index is -3.60. The van der Waals surface area contributed by atoms with Crippen molar-refractivity contribution < 1.29 is 13.2 Å². The molecule has 2 heterocycles. The molecule has 3 rings (SSSR count). The predicted octanol–water partition coefficient (Wildman–Crippen LogP) is 1.61. The van der Waals surface area contributed by atoms with Crippen LogP contribution >= 0.6 is 0 Å². The highest BCUT2D eigenvalue weighted by molar-refractivity contribution is 7.89. The first-order chi connectivity index (χ1) is 11.9. The fraction of sp³-hybridized carbons (Fsp3) is 0.412. The molecule has 0 radical (unpaired) electrons. The maximum absolute atomic E-state index is 13.1. The van der Waals surface area contributed by atoms with Gasteiger partial charge in [0.05, 0.1) is 13.3 Å². The van der Waals surface area contributed by atoms with Crippen molar-refractivity contribution in [2.24, 2.45) is 0 Å². The van der Waals surface area contributed by atoms with E-state index in [9.17, 15) is 8.42 Å². The number of ether oxygens (including phenoxy) is 1. The van der Waals surface area contributed by atoms with Crippen LogP contribution < -0.4 is 9.64 Å². The average molecular weight is 362 g/mol. The second-order valence-corrected chi connectivity index (χ2v) is 7.95. The lowest BCUT2D eigenvalue weighted by Gasteiger charge is -2.34. The van der Waals surface area contributed by atoms with E-state index in [0.717, 1.165) is 16.9 Å². The Morgan fingerprint density at radius 1 is 1.04 bits per heavy atom. The molecule has 1 fully saturated rings. The second-order valence-electron chi connectivity index (χ2n) is 6.04. The number of aryl methyl sites for hydroxylation is 2. The molecular formula is C17H22N4O3S. The number of piperazine rings is 1.